The molecule has 2 nitrogen and oxygen atoms in total. The maximum Gasteiger partial charge on any atom is 0.170 e. The van der Waals surface area contributed by atoms with Gasteiger partial charge in [0.1, 0.15) is 0 Å². The number of benzene rings is 2. The predicted molar refractivity (Wildman–Crippen MR) is 103 cm³/mol. The van der Waals surface area contributed by atoms with Crippen molar-refractivity contribution in [3.8, 4) is 0 Å². The molecule has 5 heteroatoms. The van der Waals surface area contributed by atoms with Gasteiger partial charge in [0.2, 0.25) is 0 Å². The number of thioether (sulfide) groups is 1. The summed E-state index contributed by atoms with van der Waals surface area (Å²) in [6, 6.07) is 16.1. The normalized spacial score (nSPS) is 10.3. The van der Waals surface area contributed by atoms with E-state index in [9.17, 15) is 0 Å². The van der Waals surface area contributed by atoms with Crippen LogP contribution in [-0.4, -0.2) is 17.4 Å². The van der Waals surface area contributed by atoms with Crippen molar-refractivity contribution >= 4 is 46.4 Å². The second kappa shape index (κ2) is 9.03. The Balaban J connectivity index is 1.62. The zero-order chi connectivity index (χ0) is 15.8. The molecule has 0 radical (unpaired) electrons. The molecule has 0 bridgehead atoms. The van der Waals surface area contributed by atoms with Crippen LogP contribution in [0.15, 0.2) is 48.5 Å². The van der Waals surface area contributed by atoms with E-state index in [1.807, 2.05) is 42.1 Å². The molecule has 2 aromatic carbocycles. The van der Waals surface area contributed by atoms with Crippen LogP contribution in [0.4, 0.5) is 5.69 Å². The smallest absolute Gasteiger partial charge is 0.170 e. The first kappa shape index (κ1) is 17.1. The average molecular weight is 351 g/mol. The molecule has 0 fully saturated rings. The lowest BCUT2D eigenvalue weighted by atomic mass is 10.2. The van der Waals surface area contributed by atoms with Gasteiger partial charge in [0.15, 0.2) is 5.11 Å². The van der Waals surface area contributed by atoms with E-state index in [0.29, 0.717) is 5.11 Å². The molecule has 0 aliphatic rings. The van der Waals surface area contributed by atoms with Gasteiger partial charge >= 0.3 is 0 Å². The van der Waals surface area contributed by atoms with E-state index in [1.54, 1.807) is 0 Å². The summed E-state index contributed by atoms with van der Waals surface area (Å²) in [7, 11) is 0. The number of rotatable bonds is 6. The highest BCUT2D eigenvalue weighted by Gasteiger charge is 1.98. The molecule has 0 spiro atoms. The summed E-state index contributed by atoms with van der Waals surface area (Å²) in [6.45, 7) is 2.90. The summed E-state index contributed by atoms with van der Waals surface area (Å²) < 4.78 is 0. The molecule has 0 aromatic heterocycles. The van der Waals surface area contributed by atoms with Gasteiger partial charge < -0.3 is 10.6 Å². The number of hydrogen-bond acceptors (Lipinski definition) is 2. The monoisotopic (exact) mass is 350 g/mol. The molecule has 0 heterocycles. The second-order valence-corrected chi connectivity index (χ2v) is 6.88. The van der Waals surface area contributed by atoms with Crippen molar-refractivity contribution < 1.29 is 0 Å². The van der Waals surface area contributed by atoms with Gasteiger partial charge in [-0.15, -0.1) is 0 Å². The average Bonchev–Trinajstić information content (AvgIpc) is 2.49. The lowest BCUT2D eigenvalue weighted by Crippen LogP contribution is -2.30. The summed E-state index contributed by atoms with van der Waals surface area (Å²) in [6.07, 6.45) is 0. The first-order valence-electron chi connectivity index (χ1n) is 7.07. The largest absolute Gasteiger partial charge is 0.362 e. The predicted octanol–water partition coefficient (Wildman–Crippen LogP) is 4.87. The minimum atomic E-state index is 0.659. The van der Waals surface area contributed by atoms with Crippen molar-refractivity contribution in [1.29, 1.82) is 0 Å². The molecule has 0 amide bonds. The quantitative estimate of drug-likeness (QED) is 0.573. The summed E-state index contributed by atoms with van der Waals surface area (Å²) >= 11 is 13.1. The van der Waals surface area contributed by atoms with Crippen LogP contribution in [0.5, 0.6) is 0 Å². The molecule has 0 atom stereocenters. The Hall–Kier alpha value is -1.23. The van der Waals surface area contributed by atoms with Gasteiger partial charge in [-0.25, -0.2) is 0 Å². The minimum absolute atomic E-state index is 0.659. The molecule has 0 aliphatic carbocycles. The Morgan fingerprint density at radius 2 is 1.95 bits per heavy atom. The van der Waals surface area contributed by atoms with Gasteiger partial charge in [-0.1, -0.05) is 41.4 Å². The highest BCUT2D eigenvalue weighted by molar-refractivity contribution is 7.98. The van der Waals surface area contributed by atoms with Crippen molar-refractivity contribution in [2.45, 2.75) is 12.7 Å². The van der Waals surface area contributed by atoms with E-state index in [4.69, 9.17) is 23.8 Å². The zero-order valence-corrected chi connectivity index (χ0v) is 14.8. The number of anilines is 1. The fraction of sp³-hybridized carbons (Fsp3) is 0.235. The van der Waals surface area contributed by atoms with Crippen LogP contribution in [0.2, 0.25) is 5.02 Å². The Morgan fingerprint density at radius 1 is 1.18 bits per heavy atom. The molecule has 0 saturated heterocycles. The van der Waals surface area contributed by atoms with Gasteiger partial charge in [-0.05, 0) is 49.0 Å². The van der Waals surface area contributed by atoms with E-state index in [-0.39, 0.29) is 0 Å². The molecule has 0 unspecified atom stereocenters. The number of hydrogen-bond donors (Lipinski definition) is 2. The van der Waals surface area contributed by atoms with E-state index >= 15 is 0 Å². The van der Waals surface area contributed by atoms with Crippen LogP contribution in [0.3, 0.4) is 0 Å². The Bertz CT molecular complexity index is 614. The van der Waals surface area contributed by atoms with Crippen LogP contribution in [-0.2, 0) is 5.75 Å². The standard InChI is InChI=1S/C17H19ClN2S2/c1-13-5-7-16(8-6-13)20-17(21)19-9-10-22-12-14-3-2-4-15(18)11-14/h2-8,11H,9-10,12H2,1H3,(H2,19,20,21). The third-order valence-corrected chi connectivity index (χ3v) is 4.51. The molecule has 2 N–H and O–H groups in total. The third kappa shape index (κ3) is 6.26. The zero-order valence-electron chi connectivity index (χ0n) is 12.4. The third-order valence-electron chi connectivity index (χ3n) is 3.00. The molecule has 2 aromatic rings. The Labute approximate surface area is 146 Å². The molecule has 116 valence electrons. The lowest BCUT2D eigenvalue weighted by molar-refractivity contribution is 0.990. The van der Waals surface area contributed by atoms with Crippen LogP contribution in [0.25, 0.3) is 0 Å². The molecule has 0 aliphatic heterocycles. The summed E-state index contributed by atoms with van der Waals surface area (Å²) in [5.74, 6) is 1.95. The van der Waals surface area contributed by atoms with Gasteiger partial charge in [-0.2, -0.15) is 11.8 Å². The van der Waals surface area contributed by atoms with Crippen LogP contribution >= 0.6 is 35.6 Å². The van der Waals surface area contributed by atoms with E-state index in [0.717, 1.165) is 28.8 Å². The van der Waals surface area contributed by atoms with Gasteiger partial charge in [-0.3, -0.25) is 0 Å². The number of aryl methyl sites for hydroxylation is 1. The van der Waals surface area contributed by atoms with Crippen LogP contribution in [0.1, 0.15) is 11.1 Å². The first-order valence-corrected chi connectivity index (χ1v) is 9.01. The number of thiocarbonyl (C=S) groups is 1. The summed E-state index contributed by atoms with van der Waals surface area (Å²) in [5.41, 5.74) is 3.49. The SMILES string of the molecule is Cc1ccc(NC(=S)NCCSCc2cccc(Cl)c2)cc1. The van der Waals surface area contributed by atoms with Crippen molar-refractivity contribution in [1.82, 2.24) is 5.32 Å². The number of halogens is 1. The fourth-order valence-corrected chi connectivity index (χ4v) is 3.10. The van der Waals surface area contributed by atoms with Crippen molar-refractivity contribution in [3.63, 3.8) is 0 Å². The van der Waals surface area contributed by atoms with E-state index in [2.05, 4.69) is 35.8 Å². The first-order chi connectivity index (χ1) is 10.6. The minimum Gasteiger partial charge on any atom is -0.362 e. The summed E-state index contributed by atoms with van der Waals surface area (Å²) in [4.78, 5) is 0. The van der Waals surface area contributed by atoms with Crippen LogP contribution in [0, 0.1) is 6.92 Å². The second-order valence-electron chi connectivity index (χ2n) is 4.93. The van der Waals surface area contributed by atoms with Gasteiger partial charge in [0.05, 0.1) is 0 Å². The van der Waals surface area contributed by atoms with Crippen LogP contribution < -0.4 is 10.6 Å². The summed E-state index contributed by atoms with van der Waals surface area (Å²) in [5, 5.41) is 7.85. The van der Waals surface area contributed by atoms with E-state index < -0.39 is 0 Å². The van der Waals surface area contributed by atoms with Crippen molar-refractivity contribution in [2.75, 3.05) is 17.6 Å². The lowest BCUT2D eigenvalue weighted by Gasteiger charge is -2.10. The van der Waals surface area contributed by atoms with Crippen molar-refractivity contribution in [2.24, 2.45) is 0 Å². The van der Waals surface area contributed by atoms with Gasteiger partial charge in [0.25, 0.3) is 0 Å². The maximum absolute atomic E-state index is 5.97. The van der Waals surface area contributed by atoms with E-state index in [1.165, 1.54) is 11.1 Å². The van der Waals surface area contributed by atoms with Gasteiger partial charge in [0, 0.05) is 28.8 Å². The highest BCUT2D eigenvalue weighted by Crippen LogP contribution is 2.16. The molecular weight excluding hydrogens is 332 g/mol. The number of nitrogens with one attached hydrogen (secondary N) is 2. The molecular formula is C17H19ClN2S2. The van der Waals surface area contributed by atoms with Crippen molar-refractivity contribution in [3.05, 3.63) is 64.7 Å². The molecule has 22 heavy (non-hydrogen) atoms. The highest BCUT2D eigenvalue weighted by atomic mass is 35.5. The molecule has 2 rings (SSSR count). The maximum atomic E-state index is 5.97. The molecule has 0 saturated carbocycles. The topological polar surface area (TPSA) is 24.1 Å². The Kier molecular flexibility index (Phi) is 7.03. The fourth-order valence-electron chi connectivity index (χ4n) is 1.87. The Morgan fingerprint density at radius 3 is 2.68 bits per heavy atom.